The number of esters is 1. The third-order valence-electron chi connectivity index (χ3n) is 5.04. The molecule has 0 bridgehead atoms. The SMILES string of the molecule is CCOC(=O)c1c(NC(=O)c2ccc(OC)cc2)sc(C(=O)Nc2ccc(C)cc2C)c1C. The van der Waals surface area contributed by atoms with Crippen LogP contribution in [0.1, 0.15) is 54.0 Å². The van der Waals surface area contributed by atoms with Gasteiger partial charge in [-0.25, -0.2) is 4.79 Å². The predicted molar refractivity (Wildman–Crippen MR) is 130 cm³/mol. The van der Waals surface area contributed by atoms with Crippen molar-refractivity contribution in [1.82, 2.24) is 0 Å². The molecule has 3 rings (SSSR count). The van der Waals surface area contributed by atoms with Crippen LogP contribution in [0.15, 0.2) is 42.5 Å². The van der Waals surface area contributed by atoms with Gasteiger partial charge in [0.25, 0.3) is 11.8 Å². The minimum absolute atomic E-state index is 0.171. The lowest BCUT2D eigenvalue weighted by atomic mass is 10.1. The number of ether oxygens (including phenoxy) is 2. The Morgan fingerprint density at radius 1 is 0.939 bits per heavy atom. The third-order valence-corrected chi connectivity index (χ3v) is 6.25. The highest BCUT2D eigenvalue weighted by molar-refractivity contribution is 7.19. The van der Waals surface area contributed by atoms with E-state index in [1.165, 1.54) is 0 Å². The fraction of sp³-hybridized carbons (Fsp3) is 0.240. The van der Waals surface area contributed by atoms with E-state index in [0.29, 0.717) is 27.4 Å². The molecule has 0 spiro atoms. The van der Waals surface area contributed by atoms with Crippen LogP contribution in [0.2, 0.25) is 0 Å². The quantitative estimate of drug-likeness (QED) is 0.457. The van der Waals surface area contributed by atoms with E-state index < -0.39 is 11.9 Å². The number of thiophene rings is 1. The molecule has 7 nitrogen and oxygen atoms in total. The second kappa shape index (κ2) is 10.3. The maximum Gasteiger partial charge on any atom is 0.341 e. The van der Waals surface area contributed by atoms with Crippen molar-refractivity contribution in [2.24, 2.45) is 0 Å². The molecule has 172 valence electrons. The van der Waals surface area contributed by atoms with Crippen LogP contribution >= 0.6 is 11.3 Å². The highest BCUT2D eigenvalue weighted by Gasteiger charge is 2.27. The lowest BCUT2D eigenvalue weighted by Gasteiger charge is -2.09. The minimum Gasteiger partial charge on any atom is -0.497 e. The van der Waals surface area contributed by atoms with Crippen molar-refractivity contribution < 1.29 is 23.9 Å². The van der Waals surface area contributed by atoms with Crippen molar-refractivity contribution in [1.29, 1.82) is 0 Å². The molecule has 0 saturated carbocycles. The van der Waals surface area contributed by atoms with Crippen LogP contribution < -0.4 is 15.4 Å². The molecule has 0 radical (unpaired) electrons. The van der Waals surface area contributed by atoms with Crippen molar-refractivity contribution in [2.45, 2.75) is 27.7 Å². The average Bonchev–Trinajstić information content (AvgIpc) is 3.11. The Labute approximate surface area is 196 Å². The molecule has 3 aromatic rings. The smallest absolute Gasteiger partial charge is 0.341 e. The molecule has 33 heavy (non-hydrogen) atoms. The Morgan fingerprint density at radius 2 is 1.64 bits per heavy atom. The highest BCUT2D eigenvalue weighted by Crippen LogP contribution is 2.35. The number of anilines is 2. The molecule has 8 heteroatoms. The van der Waals surface area contributed by atoms with Gasteiger partial charge in [0.2, 0.25) is 0 Å². The number of carbonyl (C=O) groups excluding carboxylic acids is 3. The Kier molecular flexibility index (Phi) is 7.50. The van der Waals surface area contributed by atoms with Gasteiger partial charge in [-0.05, 0) is 69.2 Å². The summed E-state index contributed by atoms with van der Waals surface area (Å²) in [5.74, 6) is -0.747. The Bertz CT molecular complexity index is 1200. The molecule has 0 fully saturated rings. The van der Waals surface area contributed by atoms with E-state index in [9.17, 15) is 14.4 Å². The summed E-state index contributed by atoms with van der Waals surface area (Å²) in [6.07, 6.45) is 0. The van der Waals surface area contributed by atoms with Gasteiger partial charge < -0.3 is 20.1 Å². The Morgan fingerprint density at radius 3 is 2.24 bits per heavy atom. The molecule has 0 aliphatic heterocycles. The number of hydrogen-bond donors (Lipinski definition) is 2. The average molecular weight is 467 g/mol. The second-order valence-corrected chi connectivity index (χ2v) is 8.46. The lowest BCUT2D eigenvalue weighted by molar-refractivity contribution is 0.0527. The van der Waals surface area contributed by atoms with E-state index in [1.54, 1.807) is 45.2 Å². The molecular formula is C25H26N2O5S. The molecule has 2 amide bonds. The van der Waals surface area contributed by atoms with Crippen LogP contribution in [0.25, 0.3) is 0 Å². The maximum atomic E-state index is 13.1. The third kappa shape index (κ3) is 5.40. The van der Waals surface area contributed by atoms with Gasteiger partial charge in [-0.15, -0.1) is 11.3 Å². The summed E-state index contributed by atoms with van der Waals surface area (Å²) in [5.41, 5.74) is 3.71. The summed E-state index contributed by atoms with van der Waals surface area (Å²) in [5, 5.41) is 5.92. The first kappa shape index (κ1) is 24.0. The number of rotatable bonds is 7. The van der Waals surface area contributed by atoms with Crippen LogP contribution in [0, 0.1) is 20.8 Å². The summed E-state index contributed by atoms with van der Waals surface area (Å²) in [7, 11) is 1.54. The number of hydrogen-bond acceptors (Lipinski definition) is 6. The van der Waals surface area contributed by atoms with Crippen molar-refractivity contribution in [2.75, 3.05) is 24.4 Å². The first-order chi connectivity index (χ1) is 15.7. The Hall–Kier alpha value is -3.65. The van der Waals surface area contributed by atoms with E-state index in [4.69, 9.17) is 9.47 Å². The van der Waals surface area contributed by atoms with E-state index in [1.807, 2.05) is 32.0 Å². The lowest BCUT2D eigenvalue weighted by Crippen LogP contribution is -2.15. The number of benzene rings is 2. The summed E-state index contributed by atoms with van der Waals surface area (Å²) in [4.78, 5) is 38.9. The predicted octanol–water partition coefficient (Wildman–Crippen LogP) is 5.36. The number of methoxy groups -OCH3 is 1. The minimum atomic E-state index is -0.596. The second-order valence-electron chi connectivity index (χ2n) is 7.44. The number of amides is 2. The van der Waals surface area contributed by atoms with Gasteiger partial charge in [0.05, 0.1) is 24.2 Å². The summed E-state index contributed by atoms with van der Waals surface area (Å²) in [6.45, 7) is 7.43. The highest BCUT2D eigenvalue weighted by atomic mass is 32.1. The summed E-state index contributed by atoms with van der Waals surface area (Å²) < 4.78 is 10.3. The normalized spacial score (nSPS) is 10.5. The Balaban J connectivity index is 1.93. The van der Waals surface area contributed by atoms with E-state index in [2.05, 4.69) is 10.6 Å². The summed E-state index contributed by atoms with van der Waals surface area (Å²) >= 11 is 1.04. The molecule has 2 aromatic carbocycles. The number of carbonyl (C=O) groups is 3. The van der Waals surface area contributed by atoms with Crippen LogP contribution in [0.3, 0.4) is 0 Å². The van der Waals surface area contributed by atoms with E-state index >= 15 is 0 Å². The molecule has 0 aliphatic carbocycles. The monoisotopic (exact) mass is 466 g/mol. The van der Waals surface area contributed by atoms with E-state index in [0.717, 1.165) is 22.5 Å². The number of nitrogens with one attached hydrogen (secondary N) is 2. The molecule has 0 aliphatic rings. The van der Waals surface area contributed by atoms with Gasteiger partial charge in [0.1, 0.15) is 10.8 Å². The fourth-order valence-corrected chi connectivity index (χ4v) is 4.40. The van der Waals surface area contributed by atoms with Crippen LogP contribution in [-0.2, 0) is 4.74 Å². The van der Waals surface area contributed by atoms with Crippen molar-refractivity contribution in [3.63, 3.8) is 0 Å². The van der Waals surface area contributed by atoms with Gasteiger partial charge >= 0.3 is 5.97 Å². The van der Waals surface area contributed by atoms with Gasteiger partial charge in [-0.1, -0.05) is 17.7 Å². The van der Waals surface area contributed by atoms with E-state index in [-0.39, 0.29) is 23.1 Å². The molecule has 0 atom stereocenters. The topological polar surface area (TPSA) is 93.7 Å². The number of aryl methyl sites for hydroxylation is 2. The largest absolute Gasteiger partial charge is 0.497 e. The zero-order valence-electron chi connectivity index (χ0n) is 19.2. The molecule has 0 saturated heterocycles. The summed E-state index contributed by atoms with van der Waals surface area (Å²) in [6, 6.07) is 12.3. The van der Waals surface area contributed by atoms with Crippen LogP contribution in [0.4, 0.5) is 10.7 Å². The molecule has 0 unspecified atom stereocenters. The standard InChI is InChI=1S/C25H26N2O5S/c1-6-32-25(30)20-16(4)21(23(29)26-19-12-7-14(2)13-15(19)3)33-24(20)27-22(28)17-8-10-18(31-5)11-9-17/h7-13H,6H2,1-5H3,(H,26,29)(H,27,28). The first-order valence-electron chi connectivity index (χ1n) is 10.4. The van der Waals surface area contributed by atoms with Gasteiger partial charge in [0, 0.05) is 11.3 Å². The zero-order chi connectivity index (χ0) is 24.1. The molecule has 1 aromatic heterocycles. The van der Waals surface area contributed by atoms with Crippen LogP contribution in [-0.4, -0.2) is 31.5 Å². The van der Waals surface area contributed by atoms with Crippen LogP contribution in [0.5, 0.6) is 5.75 Å². The van der Waals surface area contributed by atoms with Gasteiger partial charge in [-0.2, -0.15) is 0 Å². The molecular weight excluding hydrogens is 440 g/mol. The fourth-order valence-electron chi connectivity index (χ4n) is 3.32. The van der Waals surface area contributed by atoms with Crippen molar-refractivity contribution >= 4 is 39.8 Å². The van der Waals surface area contributed by atoms with Crippen molar-refractivity contribution in [3.05, 3.63) is 75.2 Å². The van der Waals surface area contributed by atoms with Gasteiger partial charge in [-0.3, -0.25) is 9.59 Å². The first-order valence-corrected chi connectivity index (χ1v) is 11.2. The molecule has 1 heterocycles. The maximum absolute atomic E-state index is 13.1. The van der Waals surface area contributed by atoms with Gasteiger partial charge in [0.15, 0.2) is 0 Å². The van der Waals surface area contributed by atoms with Crippen molar-refractivity contribution in [3.8, 4) is 5.75 Å². The zero-order valence-corrected chi connectivity index (χ0v) is 20.0. The molecule has 2 N–H and O–H groups in total.